The summed E-state index contributed by atoms with van der Waals surface area (Å²) < 4.78 is 14.6. The number of hydrogen-bond donors (Lipinski definition) is 2. The Morgan fingerprint density at radius 1 is 1.22 bits per heavy atom. The van der Waals surface area contributed by atoms with E-state index >= 15 is 0 Å². The topological polar surface area (TPSA) is 102 Å². The van der Waals surface area contributed by atoms with Gasteiger partial charge in [0.05, 0.1) is 6.61 Å². The largest absolute Gasteiger partial charge is 0.457 e. The van der Waals surface area contributed by atoms with Crippen molar-refractivity contribution >= 4 is 34.5 Å². The van der Waals surface area contributed by atoms with Crippen LogP contribution >= 0.6 is 22.6 Å². The summed E-state index contributed by atoms with van der Waals surface area (Å²) in [6.45, 7) is 1.95. The number of aliphatic hydroxyl groups excluding tert-OH is 2. The van der Waals surface area contributed by atoms with Crippen molar-refractivity contribution in [3.63, 3.8) is 0 Å². The minimum atomic E-state index is -1.21. The summed E-state index contributed by atoms with van der Waals surface area (Å²) in [6.07, 6.45) is -3.95. The van der Waals surface area contributed by atoms with Crippen molar-refractivity contribution in [1.82, 2.24) is 0 Å². The smallest absolute Gasteiger partial charge is 0.303 e. The predicted molar refractivity (Wildman–Crippen MR) is 66.9 cm³/mol. The second-order valence-electron chi connectivity index (χ2n) is 3.84. The Bertz CT molecular complexity index is 305. The normalized spacial score (nSPS) is 35.9. The molecule has 1 heterocycles. The number of hydrogen-bond acceptors (Lipinski definition) is 7. The van der Waals surface area contributed by atoms with Crippen molar-refractivity contribution in [1.29, 1.82) is 0 Å². The van der Waals surface area contributed by atoms with Crippen molar-refractivity contribution in [2.45, 2.75) is 42.4 Å². The molecule has 1 saturated heterocycles. The van der Waals surface area contributed by atoms with E-state index in [-0.39, 0.29) is 0 Å². The summed E-state index contributed by atoms with van der Waals surface area (Å²) in [7, 11) is 0. The summed E-state index contributed by atoms with van der Waals surface area (Å²) in [5.41, 5.74) is 0. The first-order valence-corrected chi connectivity index (χ1v) is 6.54. The van der Waals surface area contributed by atoms with Crippen molar-refractivity contribution in [3.05, 3.63) is 0 Å². The first-order chi connectivity index (χ1) is 8.36. The molecule has 8 heteroatoms. The summed E-state index contributed by atoms with van der Waals surface area (Å²) in [5.74, 6) is -1.15. The van der Waals surface area contributed by atoms with Gasteiger partial charge < -0.3 is 24.4 Å². The van der Waals surface area contributed by atoms with Crippen LogP contribution in [-0.4, -0.2) is 57.3 Å². The van der Waals surface area contributed by atoms with Gasteiger partial charge in [-0.1, -0.05) is 22.6 Å². The first-order valence-electron chi connectivity index (χ1n) is 5.29. The van der Waals surface area contributed by atoms with E-state index < -0.39 is 47.1 Å². The number of rotatable bonds is 3. The van der Waals surface area contributed by atoms with Gasteiger partial charge in [-0.2, -0.15) is 0 Å². The molecule has 0 aliphatic carbocycles. The molecule has 0 aromatic rings. The molecule has 0 amide bonds. The molecular formula is C10H15IO7. The van der Waals surface area contributed by atoms with E-state index in [1.54, 1.807) is 0 Å². The average Bonchev–Trinajstić information content (AvgIpc) is 2.27. The molecule has 7 nitrogen and oxygen atoms in total. The summed E-state index contributed by atoms with van der Waals surface area (Å²) >= 11 is 1.84. The maximum absolute atomic E-state index is 11.0. The second kappa shape index (κ2) is 6.64. The van der Waals surface area contributed by atoms with Gasteiger partial charge >= 0.3 is 11.9 Å². The minimum absolute atomic E-state index is 0.462. The standard InChI is InChI=1S/C10H15IO7/c1-4(13)16-8-6(3-12)18-10(15)7(11)9(8)17-5(2)14/h6-10,12,15H,3H2,1-2H3/t6-,7+,8+,9-,10+/m0/s1. The molecule has 1 fully saturated rings. The summed E-state index contributed by atoms with van der Waals surface area (Å²) in [5, 5.41) is 18.8. The molecule has 0 radical (unpaired) electrons. The summed E-state index contributed by atoms with van der Waals surface area (Å²) in [4.78, 5) is 22.1. The van der Waals surface area contributed by atoms with E-state index in [4.69, 9.17) is 19.3 Å². The van der Waals surface area contributed by atoms with Crippen LogP contribution in [0.15, 0.2) is 0 Å². The third-order valence-electron chi connectivity index (χ3n) is 2.37. The molecule has 2 N–H and O–H groups in total. The molecule has 1 aliphatic rings. The molecule has 5 atom stereocenters. The molecule has 0 aromatic carbocycles. The molecule has 0 aromatic heterocycles. The monoisotopic (exact) mass is 374 g/mol. The Morgan fingerprint density at radius 3 is 2.17 bits per heavy atom. The lowest BCUT2D eigenvalue weighted by molar-refractivity contribution is -0.245. The molecule has 0 bridgehead atoms. The van der Waals surface area contributed by atoms with Crippen LogP contribution in [-0.2, 0) is 23.8 Å². The van der Waals surface area contributed by atoms with Gasteiger partial charge in [0, 0.05) is 13.8 Å². The Balaban J connectivity index is 2.92. The van der Waals surface area contributed by atoms with Gasteiger partial charge in [0.25, 0.3) is 0 Å². The highest BCUT2D eigenvalue weighted by atomic mass is 127. The second-order valence-corrected chi connectivity index (χ2v) is 5.28. The molecule has 1 rings (SSSR count). The number of aliphatic hydroxyl groups is 2. The van der Waals surface area contributed by atoms with E-state index in [1.165, 1.54) is 13.8 Å². The van der Waals surface area contributed by atoms with E-state index in [1.807, 2.05) is 22.6 Å². The maximum Gasteiger partial charge on any atom is 0.303 e. The quantitative estimate of drug-likeness (QED) is 0.385. The predicted octanol–water partition coefficient (Wildman–Crippen LogP) is -0.637. The van der Waals surface area contributed by atoms with Gasteiger partial charge in [0.15, 0.2) is 18.5 Å². The Kier molecular flexibility index (Phi) is 5.76. The van der Waals surface area contributed by atoms with Gasteiger partial charge in [-0.3, -0.25) is 9.59 Å². The fourth-order valence-electron chi connectivity index (χ4n) is 1.69. The van der Waals surface area contributed by atoms with Crippen LogP contribution in [0.3, 0.4) is 0 Å². The molecule has 1 aliphatic heterocycles. The summed E-state index contributed by atoms with van der Waals surface area (Å²) in [6, 6.07) is 0. The lowest BCUT2D eigenvalue weighted by atomic mass is 10.0. The van der Waals surface area contributed by atoms with Crippen molar-refractivity contribution in [2.75, 3.05) is 6.61 Å². The molecule has 104 valence electrons. The van der Waals surface area contributed by atoms with Crippen LogP contribution in [0, 0.1) is 0 Å². The van der Waals surface area contributed by atoms with E-state index in [0.717, 1.165) is 0 Å². The Labute approximate surface area is 118 Å². The fourth-order valence-corrected chi connectivity index (χ4v) is 2.42. The van der Waals surface area contributed by atoms with E-state index in [2.05, 4.69) is 0 Å². The number of alkyl halides is 1. The molecule has 18 heavy (non-hydrogen) atoms. The zero-order valence-corrected chi connectivity index (χ0v) is 12.1. The third-order valence-corrected chi connectivity index (χ3v) is 3.70. The molecular weight excluding hydrogens is 359 g/mol. The Hall–Kier alpha value is -0.450. The van der Waals surface area contributed by atoms with Crippen LogP contribution in [0.4, 0.5) is 0 Å². The highest BCUT2D eigenvalue weighted by molar-refractivity contribution is 14.1. The van der Waals surface area contributed by atoms with Crippen LogP contribution in [0.1, 0.15) is 13.8 Å². The Morgan fingerprint density at radius 2 is 1.72 bits per heavy atom. The number of carbonyl (C=O) groups excluding carboxylic acids is 2. The first kappa shape index (κ1) is 15.6. The van der Waals surface area contributed by atoms with Gasteiger partial charge in [-0.25, -0.2) is 0 Å². The highest BCUT2D eigenvalue weighted by Gasteiger charge is 2.48. The molecule has 0 spiro atoms. The van der Waals surface area contributed by atoms with Crippen molar-refractivity contribution in [3.8, 4) is 0 Å². The van der Waals surface area contributed by atoms with Crippen molar-refractivity contribution < 1.29 is 34.0 Å². The van der Waals surface area contributed by atoms with Crippen molar-refractivity contribution in [2.24, 2.45) is 0 Å². The molecule has 0 saturated carbocycles. The highest BCUT2D eigenvalue weighted by Crippen LogP contribution is 2.30. The van der Waals surface area contributed by atoms with Crippen LogP contribution < -0.4 is 0 Å². The number of halogens is 1. The van der Waals surface area contributed by atoms with Crippen LogP contribution in [0.25, 0.3) is 0 Å². The number of ether oxygens (including phenoxy) is 3. The van der Waals surface area contributed by atoms with Crippen LogP contribution in [0.2, 0.25) is 0 Å². The zero-order valence-electron chi connectivity index (χ0n) is 9.91. The van der Waals surface area contributed by atoms with Gasteiger partial charge in [-0.05, 0) is 0 Å². The van der Waals surface area contributed by atoms with Gasteiger partial charge in [0.2, 0.25) is 0 Å². The fraction of sp³-hybridized carbons (Fsp3) is 0.800. The third kappa shape index (κ3) is 3.77. The van der Waals surface area contributed by atoms with E-state index in [9.17, 15) is 14.7 Å². The lowest BCUT2D eigenvalue weighted by Crippen LogP contribution is -2.59. The molecule has 0 unspecified atom stereocenters. The average molecular weight is 374 g/mol. The lowest BCUT2D eigenvalue weighted by Gasteiger charge is -2.41. The maximum atomic E-state index is 11.0. The number of esters is 2. The van der Waals surface area contributed by atoms with Gasteiger partial charge in [0.1, 0.15) is 10.0 Å². The SMILES string of the molecule is CC(=O)O[C@H]1[C@@H](I)[C@H](O)O[C@@H](CO)[C@H]1OC(C)=O. The number of carbonyl (C=O) groups is 2. The minimum Gasteiger partial charge on any atom is -0.457 e. The van der Waals surface area contributed by atoms with Crippen LogP contribution in [0.5, 0.6) is 0 Å². The zero-order chi connectivity index (χ0) is 13.9. The van der Waals surface area contributed by atoms with Gasteiger partial charge in [-0.15, -0.1) is 0 Å². The van der Waals surface area contributed by atoms with E-state index in [0.29, 0.717) is 0 Å².